The quantitative estimate of drug-likeness (QED) is 0.0270. The van der Waals surface area contributed by atoms with Crippen molar-refractivity contribution in [3.8, 4) is 11.5 Å². The van der Waals surface area contributed by atoms with Crippen molar-refractivity contribution in [2.75, 3.05) is 13.6 Å². The summed E-state index contributed by atoms with van der Waals surface area (Å²) in [6.07, 6.45) is -7.86. The lowest BCUT2D eigenvalue weighted by atomic mass is 10.1. The average Bonchev–Trinajstić information content (AvgIpc) is 3.34. The number of azo groups is 5. The monoisotopic (exact) mass is 962 g/mol. The summed E-state index contributed by atoms with van der Waals surface area (Å²) in [6.45, 7) is 8.50. The van der Waals surface area contributed by atoms with E-state index < -0.39 is 60.5 Å². The number of hydrogen-bond donors (Lipinski definition) is 0. The topological polar surface area (TPSA) is 195 Å². The fourth-order valence-electron chi connectivity index (χ4n) is 5.64. The van der Waals surface area contributed by atoms with Crippen LogP contribution < -0.4 is 9.47 Å². The summed E-state index contributed by atoms with van der Waals surface area (Å²) >= 11 is 0. The predicted octanol–water partition coefficient (Wildman–Crippen LogP) is 16.5. The molecule has 0 aliphatic heterocycles. The lowest BCUT2D eigenvalue weighted by Crippen LogP contribution is -2.12. The van der Waals surface area contributed by atoms with Crippen molar-refractivity contribution < 1.29 is 54.9 Å². The van der Waals surface area contributed by atoms with E-state index in [9.17, 15) is 35.9 Å². The highest BCUT2D eigenvalue weighted by Gasteiger charge is 2.36. The largest absolute Gasteiger partial charge is 0.457 e. The maximum Gasteiger partial charge on any atom is 0.420 e. The van der Waals surface area contributed by atoms with Gasteiger partial charge in [-0.1, -0.05) is 13.2 Å². The minimum Gasteiger partial charge on any atom is -0.457 e. The fourth-order valence-corrected chi connectivity index (χ4v) is 5.64. The maximum absolute atomic E-state index is 13.7. The van der Waals surface area contributed by atoms with E-state index in [2.05, 4.69) is 73.8 Å². The Morgan fingerprint density at radius 3 is 1.01 bits per heavy atom. The Bertz CT molecular complexity index is 3030. The van der Waals surface area contributed by atoms with Gasteiger partial charge in [-0.15, -0.1) is 0 Å². The van der Waals surface area contributed by atoms with Crippen molar-refractivity contribution in [1.82, 2.24) is 0 Å². The normalized spacial score (nSPS) is 12.1. The van der Waals surface area contributed by atoms with Gasteiger partial charge in [0.1, 0.15) is 11.5 Å². The van der Waals surface area contributed by atoms with Gasteiger partial charge in [-0.05, 0) is 146 Å². The summed E-state index contributed by atoms with van der Waals surface area (Å²) in [6, 6.07) is 29.5. The number of nitrogens with zero attached hydrogens (tertiary/aromatic N) is 10. The molecule has 0 radical (unpaired) electrons. The number of carbonyl (C=O) groups is 2. The number of halogens is 6. The molecule has 0 N–H and O–H groups in total. The molecule has 6 rings (SSSR count). The zero-order chi connectivity index (χ0) is 50.3. The Hall–Kier alpha value is -9.08. The molecule has 16 nitrogen and oxygen atoms in total. The van der Waals surface area contributed by atoms with Gasteiger partial charge in [0.25, 0.3) is 0 Å². The van der Waals surface area contributed by atoms with Gasteiger partial charge in [-0.2, -0.15) is 77.5 Å². The average molecular weight is 963 g/mol. The van der Waals surface area contributed by atoms with Crippen LogP contribution in [-0.4, -0.2) is 25.5 Å². The molecule has 0 bridgehead atoms. The third-order valence-corrected chi connectivity index (χ3v) is 9.15. The zero-order valence-corrected chi connectivity index (χ0v) is 36.7. The van der Waals surface area contributed by atoms with E-state index in [0.717, 1.165) is 42.0 Å². The summed E-state index contributed by atoms with van der Waals surface area (Å²) in [4.78, 5) is 22.4. The van der Waals surface area contributed by atoms with Crippen LogP contribution in [0.1, 0.15) is 22.3 Å². The van der Waals surface area contributed by atoms with E-state index in [4.69, 9.17) is 9.47 Å². The van der Waals surface area contributed by atoms with E-state index in [0.29, 0.717) is 51.1 Å². The number of rotatable bonds is 18. The molecule has 0 atom stereocenters. The molecule has 22 heteroatoms. The van der Waals surface area contributed by atoms with E-state index in [1.807, 2.05) is 6.92 Å². The minimum atomic E-state index is -4.78. The van der Waals surface area contributed by atoms with Crippen LogP contribution >= 0.6 is 0 Å². The molecule has 0 aliphatic rings. The van der Waals surface area contributed by atoms with Gasteiger partial charge in [-0.3, -0.25) is 0 Å². The van der Waals surface area contributed by atoms with Gasteiger partial charge in [0, 0.05) is 12.2 Å². The second-order valence-electron chi connectivity index (χ2n) is 14.2. The number of carbonyl (C=O) groups excluding carboxylic acids is 2. The summed E-state index contributed by atoms with van der Waals surface area (Å²) in [5, 5.41) is 41.6. The number of benzene rings is 6. The van der Waals surface area contributed by atoms with Crippen LogP contribution in [0.15, 0.2) is 198 Å². The van der Waals surface area contributed by atoms with Gasteiger partial charge in [0.2, 0.25) is 13.6 Å². The Labute approximate surface area is 394 Å². The molecule has 6 aromatic carbocycles. The molecule has 0 aromatic heterocycles. The zero-order valence-electron chi connectivity index (χ0n) is 36.7. The number of aryl methyl sites for hydroxylation is 2. The SMILES string of the molecule is C=CC(=O)OCOc1ccc(N=Nc2ccc(N=Nc3ccc(N=Nc4ccc(N=Nc5ccc(N=Nc6ccc(OCOC(=O)C=C)c(C(F)(F)F)c6)c(C)c5)cc4)c(C)c3)cc2)cc1C(F)(F)F. The van der Waals surface area contributed by atoms with Crippen LogP contribution in [0.3, 0.4) is 0 Å². The lowest BCUT2D eigenvalue weighted by Gasteiger charge is -2.14. The first-order valence-corrected chi connectivity index (χ1v) is 20.2. The Balaban J connectivity index is 1.00. The number of ether oxygens (including phenoxy) is 4. The number of alkyl halides is 6. The Morgan fingerprint density at radius 1 is 0.429 bits per heavy atom. The van der Waals surface area contributed by atoms with Crippen LogP contribution in [0.4, 0.5) is 83.2 Å². The fraction of sp³-hybridized carbons (Fsp3) is 0.125. The molecule has 0 saturated heterocycles. The molecule has 0 heterocycles. The van der Waals surface area contributed by atoms with Gasteiger partial charge in [-0.25, -0.2) is 9.59 Å². The summed E-state index contributed by atoms with van der Waals surface area (Å²) in [5.74, 6) is -2.80. The number of esters is 2. The third-order valence-electron chi connectivity index (χ3n) is 9.15. The summed E-state index contributed by atoms with van der Waals surface area (Å²) in [7, 11) is 0. The van der Waals surface area contributed by atoms with Crippen molar-refractivity contribution in [3.63, 3.8) is 0 Å². The molecule has 6 aromatic rings. The van der Waals surface area contributed by atoms with E-state index in [-0.39, 0.29) is 11.4 Å². The molecular weight excluding hydrogens is 927 g/mol. The van der Waals surface area contributed by atoms with Crippen LogP contribution in [0.5, 0.6) is 11.5 Å². The summed E-state index contributed by atoms with van der Waals surface area (Å²) < 4.78 is 101. The predicted molar refractivity (Wildman–Crippen MR) is 243 cm³/mol. The highest BCUT2D eigenvalue weighted by molar-refractivity contribution is 5.81. The number of hydrogen-bond acceptors (Lipinski definition) is 16. The molecule has 0 fully saturated rings. The second-order valence-corrected chi connectivity index (χ2v) is 14.2. The molecule has 356 valence electrons. The van der Waals surface area contributed by atoms with Gasteiger partial charge >= 0.3 is 24.3 Å². The van der Waals surface area contributed by atoms with Crippen molar-refractivity contribution in [3.05, 3.63) is 169 Å². The smallest absolute Gasteiger partial charge is 0.420 e. The highest BCUT2D eigenvalue weighted by Crippen LogP contribution is 2.41. The van der Waals surface area contributed by atoms with E-state index in [1.165, 1.54) is 12.1 Å². The molecule has 0 spiro atoms. The van der Waals surface area contributed by atoms with Crippen LogP contribution in [0, 0.1) is 13.8 Å². The standard InChI is InChI=1S/C48H36F6N10O6/c1-5-45(65)69-27-67-43-21-17-37(25-39(43)47(49,50)51)61-57-33-9-7-31(8-10-33)55-59-35-15-19-41(29(3)23-35)63-58-34-13-11-32(12-14-34)56-60-36-16-20-42(30(4)24-36)64-62-38-18-22-44(40(26-38)48(52,53)54)68-28-70-46(66)6-2/h5-26H,1-2,27-28H2,3-4H3. The van der Waals surface area contributed by atoms with E-state index in [1.54, 1.807) is 91.9 Å². The maximum atomic E-state index is 13.7. The molecular formula is C48H36F6N10O6. The van der Waals surface area contributed by atoms with E-state index >= 15 is 0 Å². The molecule has 0 amide bonds. The third kappa shape index (κ3) is 14.7. The Kier molecular flexibility index (Phi) is 16.6. The minimum absolute atomic E-state index is 0.0878. The molecule has 0 unspecified atom stereocenters. The second kappa shape index (κ2) is 23.1. The Morgan fingerprint density at radius 2 is 0.700 bits per heavy atom. The lowest BCUT2D eigenvalue weighted by molar-refractivity contribution is -0.148. The van der Waals surface area contributed by atoms with Gasteiger partial charge in [0.15, 0.2) is 0 Å². The first-order valence-electron chi connectivity index (χ1n) is 20.2. The molecule has 0 aliphatic carbocycles. The van der Waals surface area contributed by atoms with Gasteiger partial charge < -0.3 is 18.9 Å². The molecule has 70 heavy (non-hydrogen) atoms. The van der Waals surface area contributed by atoms with Crippen LogP contribution in [-0.2, 0) is 31.4 Å². The van der Waals surface area contributed by atoms with Crippen molar-refractivity contribution in [2.24, 2.45) is 51.1 Å². The highest BCUT2D eigenvalue weighted by atomic mass is 19.4. The van der Waals surface area contributed by atoms with Crippen molar-refractivity contribution >= 4 is 68.8 Å². The summed E-state index contributed by atoms with van der Waals surface area (Å²) in [5.41, 5.74) is 2.89. The van der Waals surface area contributed by atoms with Crippen LogP contribution in [0.2, 0.25) is 0 Å². The first kappa shape index (κ1) is 50.3. The van der Waals surface area contributed by atoms with Crippen molar-refractivity contribution in [2.45, 2.75) is 26.2 Å². The molecule has 0 saturated carbocycles. The van der Waals surface area contributed by atoms with Crippen molar-refractivity contribution in [1.29, 1.82) is 0 Å². The van der Waals surface area contributed by atoms with Gasteiger partial charge in [0.05, 0.1) is 68.0 Å². The van der Waals surface area contributed by atoms with Crippen LogP contribution in [0.25, 0.3) is 0 Å². The first-order chi connectivity index (χ1) is 33.5.